The second-order valence-corrected chi connectivity index (χ2v) is 7.90. The number of hydrogen-bond donors (Lipinski definition) is 2. The topological polar surface area (TPSA) is 72.2 Å². The molecule has 1 aromatic carbocycles. The maximum atomic E-state index is 11.5. The van der Waals surface area contributed by atoms with E-state index in [9.17, 15) is 8.42 Å². The molecule has 0 amide bonds. The number of hydrogen-bond acceptors (Lipinski definition) is 5. The number of nitrogens with two attached hydrogens (primary N) is 1. The zero-order valence-corrected chi connectivity index (χ0v) is 13.1. The highest BCUT2D eigenvalue weighted by Crippen LogP contribution is 2.24. The maximum absolute atomic E-state index is 11.5. The third-order valence-corrected chi connectivity index (χ3v) is 4.95. The SMILES string of the molecule is CC(Cc1cccs1)Nc1ccc(S(C)(=O)=O)cc1N. The summed E-state index contributed by atoms with van der Waals surface area (Å²) in [4.78, 5) is 1.54. The second kappa shape index (κ2) is 5.85. The van der Waals surface area contributed by atoms with Gasteiger partial charge in [-0.05, 0) is 36.6 Å². The number of thiophene rings is 1. The van der Waals surface area contributed by atoms with Crippen LogP contribution in [0, 0.1) is 0 Å². The molecule has 1 aromatic heterocycles. The number of nitrogens with one attached hydrogen (secondary N) is 1. The molecular weight excluding hydrogens is 292 g/mol. The average molecular weight is 310 g/mol. The first-order valence-electron chi connectivity index (χ1n) is 6.25. The molecular formula is C14H18N2O2S2. The number of sulfone groups is 1. The van der Waals surface area contributed by atoms with E-state index in [1.54, 1.807) is 23.5 Å². The van der Waals surface area contributed by atoms with Gasteiger partial charge in [-0.3, -0.25) is 0 Å². The van der Waals surface area contributed by atoms with Crippen molar-refractivity contribution >= 4 is 32.5 Å². The van der Waals surface area contributed by atoms with Gasteiger partial charge in [0, 0.05) is 23.6 Å². The predicted molar refractivity (Wildman–Crippen MR) is 85.1 cm³/mol. The zero-order valence-electron chi connectivity index (χ0n) is 11.5. The summed E-state index contributed by atoms with van der Waals surface area (Å²) in [5.41, 5.74) is 7.13. The van der Waals surface area contributed by atoms with Crippen molar-refractivity contribution in [3.8, 4) is 0 Å². The van der Waals surface area contributed by atoms with Crippen LogP contribution in [0.15, 0.2) is 40.6 Å². The smallest absolute Gasteiger partial charge is 0.175 e. The van der Waals surface area contributed by atoms with Crippen LogP contribution in [0.25, 0.3) is 0 Å². The third kappa shape index (κ3) is 3.74. The van der Waals surface area contributed by atoms with E-state index >= 15 is 0 Å². The molecule has 4 nitrogen and oxygen atoms in total. The number of benzene rings is 1. The van der Waals surface area contributed by atoms with Crippen LogP contribution in [0.4, 0.5) is 11.4 Å². The molecule has 1 atom stereocenters. The van der Waals surface area contributed by atoms with E-state index < -0.39 is 9.84 Å². The summed E-state index contributed by atoms with van der Waals surface area (Å²) < 4.78 is 22.9. The molecule has 0 bridgehead atoms. The lowest BCUT2D eigenvalue weighted by Crippen LogP contribution is -2.18. The Kier molecular flexibility index (Phi) is 4.35. The number of rotatable bonds is 5. The van der Waals surface area contributed by atoms with E-state index in [1.165, 1.54) is 17.2 Å². The minimum atomic E-state index is -3.22. The van der Waals surface area contributed by atoms with Crippen LogP contribution in [0.3, 0.4) is 0 Å². The Morgan fingerprint density at radius 3 is 2.65 bits per heavy atom. The van der Waals surface area contributed by atoms with Gasteiger partial charge < -0.3 is 11.1 Å². The van der Waals surface area contributed by atoms with E-state index in [0.29, 0.717) is 5.69 Å². The highest BCUT2D eigenvalue weighted by atomic mass is 32.2. The molecule has 0 saturated carbocycles. The van der Waals surface area contributed by atoms with Crippen molar-refractivity contribution < 1.29 is 8.42 Å². The van der Waals surface area contributed by atoms with Gasteiger partial charge >= 0.3 is 0 Å². The summed E-state index contributed by atoms with van der Waals surface area (Å²) in [6, 6.07) is 9.14. The Bertz CT molecular complexity index is 679. The monoisotopic (exact) mass is 310 g/mol. The minimum Gasteiger partial charge on any atom is -0.397 e. The minimum absolute atomic E-state index is 0.222. The first-order valence-corrected chi connectivity index (χ1v) is 9.02. The summed E-state index contributed by atoms with van der Waals surface area (Å²) in [7, 11) is -3.22. The lowest BCUT2D eigenvalue weighted by molar-refractivity contribution is 0.602. The number of nitrogen functional groups attached to an aromatic ring is 1. The normalized spacial score (nSPS) is 13.1. The fourth-order valence-corrected chi connectivity index (χ4v) is 3.44. The Morgan fingerprint density at radius 2 is 2.10 bits per heavy atom. The van der Waals surface area contributed by atoms with Crippen molar-refractivity contribution in [3.63, 3.8) is 0 Å². The Hall–Kier alpha value is -1.53. The first kappa shape index (κ1) is 14.9. The fraction of sp³-hybridized carbons (Fsp3) is 0.286. The summed E-state index contributed by atoms with van der Waals surface area (Å²) in [6.07, 6.45) is 2.08. The molecule has 2 aromatic rings. The molecule has 0 saturated heterocycles. The van der Waals surface area contributed by atoms with E-state index in [4.69, 9.17) is 5.73 Å². The van der Waals surface area contributed by atoms with Crippen molar-refractivity contribution in [2.24, 2.45) is 0 Å². The Morgan fingerprint density at radius 1 is 1.35 bits per heavy atom. The van der Waals surface area contributed by atoms with Crippen molar-refractivity contribution in [2.75, 3.05) is 17.3 Å². The first-order chi connectivity index (χ1) is 9.36. The van der Waals surface area contributed by atoms with Crippen LogP contribution in [0.5, 0.6) is 0 Å². The van der Waals surface area contributed by atoms with Gasteiger partial charge in [0.05, 0.1) is 16.3 Å². The standard InChI is InChI=1S/C14H18N2O2S2/c1-10(8-11-4-3-7-19-11)16-14-6-5-12(9-13(14)15)20(2,17)18/h3-7,9-10,16H,8,15H2,1-2H3. The van der Waals surface area contributed by atoms with Crippen LogP contribution in [0.2, 0.25) is 0 Å². The highest BCUT2D eigenvalue weighted by molar-refractivity contribution is 7.90. The van der Waals surface area contributed by atoms with Gasteiger partial charge in [-0.25, -0.2) is 8.42 Å². The Labute approximate surface area is 123 Å². The molecule has 20 heavy (non-hydrogen) atoms. The van der Waals surface area contributed by atoms with Crippen LogP contribution < -0.4 is 11.1 Å². The maximum Gasteiger partial charge on any atom is 0.175 e. The number of anilines is 2. The predicted octanol–water partition coefficient (Wildman–Crippen LogP) is 2.78. The van der Waals surface area contributed by atoms with Crippen molar-refractivity contribution in [1.82, 2.24) is 0 Å². The molecule has 6 heteroatoms. The summed E-state index contributed by atoms with van der Waals surface area (Å²) in [5, 5.41) is 5.37. The van der Waals surface area contributed by atoms with E-state index in [0.717, 1.165) is 12.1 Å². The molecule has 1 unspecified atom stereocenters. The quantitative estimate of drug-likeness (QED) is 0.833. The lowest BCUT2D eigenvalue weighted by Gasteiger charge is -2.16. The van der Waals surface area contributed by atoms with Gasteiger partial charge in [-0.1, -0.05) is 6.07 Å². The second-order valence-electron chi connectivity index (χ2n) is 4.85. The van der Waals surface area contributed by atoms with Crippen molar-refractivity contribution in [1.29, 1.82) is 0 Å². The van der Waals surface area contributed by atoms with Gasteiger partial charge in [-0.15, -0.1) is 11.3 Å². The fourth-order valence-electron chi connectivity index (χ4n) is 1.95. The lowest BCUT2D eigenvalue weighted by atomic mass is 10.2. The van der Waals surface area contributed by atoms with Gasteiger partial charge in [0.25, 0.3) is 0 Å². The Balaban J connectivity index is 2.10. The van der Waals surface area contributed by atoms with E-state index in [-0.39, 0.29) is 10.9 Å². The molecule has 3 N–H and O–H groups in total. The van der Waals surface area contributed by atoms with Gasteiger partial charge in [0.2, 0.25) is 0 Å². The molecule has 0 spiro atoms. The molecule has 0 fully saturated rings. The molecule has 0 aliphatic heterocycles. The zero-order chi connectivity index (χ0) is 14.8. The highest BCUT2D eigenvalue weighted by Gasteiger charge is 2.11. The molecule has 0 aliphatic rings. The molecule has 108 valence electrons. The van der Waals surface area contributed by atoms with Crippen LogP contribution in [-0.4, -0.2) is 20.7 Å². The summed E-state index contributed by atoms with van der Waals surface area (Å²) >= 11 is 1.72. The van der Waals surface area contributed by atoms with Crippen LogP contribution in [-0.2, 0) is 16.3 Å². The van der Waals surface area contributed by atoms with E-state index in [2.05, 4.69) is 23.7 Å². The largest absolute Gasteiger partial charge is 0.397 e. The van der Waals surface area contributed by atoms with Gasteiger partial charge in [0.1, 0.15) is 0 Å². The summed E-state index contributed by atoms with van der Waals surface area (Å²) in [5.74, 6) is 0. The molecule has 1 heterocycles. The van der Waals surface area contributed by atoms with Crippen molar-refractivity contribution in [2.45, 2.75) is 24.3 Å². The van der Waals surface area contributed by atoms with Crippen LogP contribution in [0.1, 0.15) is 11.8 Å². The average Bonchev–Trinajstić information content (AvgIpc) is 2.83. The summed E-state index contributed by atoms with van der Waals surface area (Å²) in [6.45, 7) is 2.07. The van der Waals surface area contributed by atoms with Gasteiger partial charge in [-0.2, -0.15) is 0 Å². The van der Waals surface area contributed by atoms with Crippen molar-refractivity contribution in [3.05, 3.63) is 40.6 Å². The van der Waals surface area contributed by atoms with E-state index in [1.807, 2.05) is 6.07 Å². The van der Waals surface area contributed by atoms with Gasteiger partial charge in [0.15, 0.2) is 9.84 Å². The third-order valence-electron chi connectivity index (χ3n) is 2.94. The molecule has 0 aliphatic carbocycles. The molecule has 2 rings (SSSR count). The molecule has 0 radical (unpaired) electrons. The van der Waals surface area contributed by atoms with Crippen LogP contribution >= 0.6 is 11.3 Å².